The molecule has 0 aliphatic heterocycles. The van der Waals surface area contributed by atoms with Crippen molar-refractivity contribution < 1.29 is 23.1 Å². The number of rotatable bonds is 13. The van der Waals surface area contributed by atoms with Crippen LogP contribution in [0, 0.1) is 0 Å². The second-order valence-corrected chi connectivity index (χ2v) is 7.65. The van der Waals surface area contributed by atoms with Gasteiger partial charge in [0, 0.05) is 13.0 Å². The highest BCUT2D eigenvalue weighted by Crippen LogP contribution is 2.08. The van der Waals surface area contributed by atoms with E-state index in [1.807, 2.05) is 0 Å². The topological polar surface area (TPSA) is 139 Å². The molecule has 0 bridgehead atoms. The Morgan fingerprint density at radius 2 is 1.65 bits per heavy atom. The van der Waals surface area contributed by atoms with E-state index in [9.17, 15) is 23.1 Å². The van der Waals surface area contributed by atoms with Gasteiger partial charge in [-0.3, -0.25) is 9.59 Å². The zero-order valence-electron chi connectivity index (χ0n) is 14.7. The van der Waals surface area contributed by atoms with E-state index in [1.54, 1.807) is 18.2 Å². The van der Waals surface area contributed by atoms with E-state index in [0.29, 0.717) is 13.0 Å². The van der Waals surface area contributed by atoms with Crippen LogP contribution in [-0.4, -0.2) is 44.5 Å². The van der Waals surface area contributed by atoms with Gasteiger partial charge < -0.3 is 16.2 Å². The maximum absolute atomic E-state index is 12.2. The second kappa shape index (κ2) is 11.6. The van der Waals surface area contributed by atoms with Gasteiger partial charge in [0.1, 0.15) is 6.04 Å². The van der Waals surface area contributed by atoms with Gasteiger partial charge in [-0.2, -0.15) is 4.72 Å². The van der Waals surface area contributed by atoms with E-state index < -0.39 is 22.0 Å². The number of nitrogens with one attached hydrogen (secondary N) is 2. The molecule has 1 aromatic carbocycles. The van der Waals surface area contributed by atoms with Crippen LogP contribution in [0.1, 0.15) is 38.5 Å². The van der Waals surface area contributed by atoms with Crippen molar-refractivity contribution in [2.75, 3.05) is 13.1 Å². The highest BCUT2D eigenvalue weighted by molar-refractivity contribution is 7.89. The van der Waals surface area contributed by atoms with E-state index >= 15 is 0 Å². The average Bonchev–Trinajstić information content (AvgIpc) is 2.62. The molecule has 0 spiro atoms. The fourth-order valence-electron chi connectivity index (χ4n) is 2.30. The Hall–Kier alpha value is -1.97. The summed E-state index contributed by atoms with van der Waals surface area (Å²) in [6.45, 7) is 0.351. The highest BCUT2D eigenvalue weighted by atomic mass is 32.2. The normalized spacial score (nSPS) is 12.5. The van der Waals surface area contributed by atoms with E-state index in [2.05, 4.69) is 10.0 Å². The van der Waals surface area contributed by atoms with Crippen molar-refractivity contribution in [2.24, 2.45) is 5.73 Å². The molecule has 0 heterocycles. The van der Waals surface area contributed by atoms with Crippen molar-refractivity contribution in [1.29, 1.82) is 0 Å². The molecule has 1 aromatic rings. The number of carbonyl (C=O) groups excluding carboxylic acids is 1. The third kappa shape index (κ3) is 8.41. The first-order chi connectivity index (χ1) is 12.4. The Labute approximate surface area is 154 Å². The molecule has 0 saturated carbocycles. The Bertz CT molecular complexity index is 664. The summed E-state index contributed by atoms with van der Waals surface area (Å²) in [6.07, 6.45) is 4.87. The first kappa shape index (κ1) is 22.1. The van der Waals surface area contributed by atoms with E-state index in [0.717, 1.165) is 25.7 Å². The van der Waals surface area contributed by atoms with Crippen LogP contribution in [-0.2, 0) is 19.6 Å². The summed E-state index contributed by atoms with van der Waals surface area (Å²) in [6, 6.07) is 6.03. The number of nitrogens with two attached hydrogens (primary N) is 1. The monoisotopic (exact) mass is 385 g/mol. The second-order valence-electron chi connectivity index (χ2n) is 5.94. The molecule has 8 nitrogen and oxygen atoms in total. The predicted octanol–water partition coefficient (Wildman–Crippen LogP) is 0.834. The molecule has 1 atom stereocenters. The summed E-state index contributed by atoms with van der Waals surface area (Å²) in [5, 5.41) is 11.7. The van der Waals surface area contributed by atoms with Crippen molar-refractivity contribution in [2.45, 2.75) is 49.5 Å². The Morgan fingerprint density at radius 1 is 1.04 bits per heavy atom. The number of benzene rings is 1. The van der Waals surface area contributed by atoms with Crippen LogP contribution < -0.4 is 15.8 Å². The molecule has 0 saturated heterocycles. The van der Waals surface area contributed by atoms with Crippen LogP contribution in [0.15, 0.2) is 35.2 Å². The Kier molecular flexibility index (Phi) is 9.85. The molecule has 9 heteroatoms. The lowest BCUT2D eigenvalue weighted by atomic mass is 10.1. The number of carbonyl (C=O) groups is 2. The molecule has 0 radical (unpaired) electrons. The van der Waals surface area contributed by atoms with E-state index in [4.69, 9.17) is 5.73 Å². The lowest BCUT2D eigenvalue weighted by Crippen LogP contribution is -2.48. The smallest absolute Gasteiger partial charge is 0.323 e. The van der Waals surface area contributed by atoms with Gasteiger partial charge in [0.05, 0.1) is 4.90 Å². The van der Waals surface area contributed by atoms with E-state index in [1.165, 1.54) is 12.1 Å². The van der Waals surface area contributed by atoms with Gasteiger partial charge >= 0.3 is 5.97 Å². The minimum Gasteiger partial charge on any atom is -0.480 e. The maximum atomic E-state index is 12.2. The van der Waals surface area contributed by atoms with Crippen LogP contribution >= 0.6 is 0 Å². The zero-order valence-corrected chi connectivity index (χ0v) is 15.5. The standard InChI is InChI=1S/C17H27N3O5S/c18-12-8-3-1-2-7-11-16(21)19-13-15(17(22)23)20-26(24,25)14-9-5-4-6-10-14/h4-6,9-10,15,20H,1-3,7-8,11-13,18H2,(H,19,21)(H,22,23). The molecule has 0 aromatic heterocycles. The summed E-state index contributed by atoms with van der Waals surface area (Å²) in [5.41, 5.74) is 5.40. The molecular formula is C17H27N3O5S. The van der Waals surface area contributed by atoms with Crippen LogP contribution in [0.5, 0.6) is 0 Å². The summed E-state index contributed by atoms with van der Waals surface area (Å²) in [5.74, 6) is -1.65. The molecule has 26 heavy (non-hydrogen) atoms. The maximum Gasteiger partial charge on any atom is 0.323 e. The van der Waals surface area contributed by atoms with Crippen LogP contribution in [0.4, 0.5) is 0 Å². The first-order valence-corrected chi connectivity index (χ1v) is 10.1. The largest absolute Gasteiger partial charge is 0.480 e. The van der Waals surface area contributed by atoms with Crippen molar-refractivity contribution in [3.05, 3.63) is 30.3 Å². The van der Waals surface area contributed by atoms with E-state index in [-0.39, 0.29) is 23.8 Å². The first-order valence-electron chi connectivity index (χ1n) is 8.64. The van der Waals surface area contributed by atoms with Crippen molar-refractivity contribution >= 4 is 21.9 Å². The molecule has 1 unspecified atom stereocenters. The molecule has 5 N–H and O–H groups in total. The average molecular weight is 385 g/mol. The molecule has 1 amide bonds. The third-order valence-corrected chi connectivity index (χ3v) is 5.25. The molecule has 0 aliphatic carbocycles. The summed E-state index contributed by atoms with van der Waals surface area (Å²) >= 11 is 0. The number of amides is 1. The summed E-state index contributed by atoms with van der Waals surface area (Å²) in [7, 11) is -3.97. The Morgan fingerprint density at radius 3 is 2.27 bits per heavy atom. The number of carboxylic acid groups (broad SMARTS) is 1. The highest BCUT2D eigenvalue weighted by Gasteiger charge is 2.25. The SMILES string of the molecule is NCCCCCCCC(=O)NCC(NS(=O)(=O)c1ccccc1)C(=O)O. The van der Waals surface area contributed by atoms with Gasteiger partial charge in [0.2, 0.25) is 15.9 Å². The lowest BCUT2D eigenvalue weighted by Gasteiger charge is -2.15. The molecule has 0 fully saturated rings. The fourth-order valence-corrected chi connectivity index (χ4v) is 3.51. The van der Waals surface area contributed by atoms with Crippen molar-refractivity contribution in [3.63, 3.8) is 0 Å². The molecular weight excluding hydrogens is 358 g/mol. The molecule has 146 valence electrons. The van der Waals surface area contributed by atoms with Crippen LogP contribution in [0.3, 0.4) is 0 Å². The lowest BCUT2D eigenvalue weighted by molar-refractivity contribution is -0.138. The minimum absolute atomic E-state index is 0.0324. The van der Waals surface area contributed by atoms with Crippen LogP contribution in [0.2, 0.25) is 0 Å². The number of sulfonamides is 1. The Balaban J connectivity index is 2.44. The van der Waals surface area contributed by atoms with Gasteiger partial charge in [-0.05, 0) is 31.5 Å². The predicted molar refractivity (Wildman–Crippen MR) is 98.0 cm³/mol. The number of unbranched alkanes of at least 4 members (excludes halogenated alkanes) is 4. The fraction of sp³-hybridized carbons (Fsp3) is 0.529. The number of hydrogen-bond donors (Lipinski definition) is 4. The van der Waals surface area contributed by atoms with Gasteiger partial charge in [0.15, 0.2) is 0 Å². The zero-order chi connectivity index (χ0) is 19.4. The summed E-state index contributed by atoms with van der Waals surface area (Å²) < 4.78 is 26.5. The molecule has 1 rings (SSSR count). The quantitative estimate of drug-likeness (QED) is 0.371. The van der Waals surface area contributed by atoms with Crippen molar-refractivity contribution in [3.8, 4) is 0 Å². The van der Waals surface area contributed by atoms with Gasteiger partial charge in [-0.1, -0.05) is 37.5 Å². The summed E-state index contributed by atoms with van der Waals surface area (Å²) in [4.78, 5) is 23.1. The van der Waals surface area contributed by atoms with Crippen molar-refractivity contribution in [1.82, 2.24) is 10.0 Å². The van der Waals surface area contributed by atoms with Gasteiger partial charge in [-0.25, -0.2) is 8.42 Å². The molecule has 0 aliphatic rings. The third-order valence-electron chi connectivity index (χ3n) is 3.76. The van der Waals surface area contributed by atoms with Crippen LogP contribution in [0.25, 0.3) is 0 Å². The van der Waals surface area contributed by atoms with Gasteiger partial charge in [0.25, 0.3) is 0 Å². The number of hydrogen-bond acceptors (Lipinski definition) is 5. The number of aliphatic carboxylic acids is 1. The minimum atomic E-state index is -3.97. The number of carboxylic acids is 1. The van der Waals surface area contributed by atoms with Gasteiger partial charge in [-0.15, -0.1) is 0 Å².